The zero-order valence-electron chi connectivity index (χ0n) is 53.2. The number of carbonyl (C=O) groups is 2. The van der Waals surface area contributed by atoms with Crippen molar-refractivity contribution in [1.29, 1.82) is 0 Å². The monoisotopic (exact) mass is 1100 g/mol. The molecule has 0 spiro atoms. The summed E-state index contributed by atoms with van der Waals surface area (Å²) in [7, 11) is 0. The number of rotatable bonds is 68. The Kier molecular flexibility index (Phi) is 66.9. The van der Waals surface area contributed by atoms with E-state index < -0.39 is 12.1 Å². The number of allylic oxidation sites excluding steroid dienone is 2. The molecule has 0 aromatic rings. The molecule has 0 rings (SSSR count). The van der Waals surface area contributed by atoms with Gasteiger partial charge >= 0.3 is 5.97 Å². The zero-order valence-corrected chi connectivity index (χ0v) is 53.2. The quantitative estimate of drug-likeness (QED) is 0.0320. The molecule has 1 amide bonds. The molecule has 2 atom stereocenters. The topological polar surface area (TPSA) is 95.9 Å². The fourth-order valence-electron chi connectivity index (χ4n) is 11.6. The van der Waals surface area contributed by atoms with E-state index in [0.29, 0.717) is 25.9 Å². The van der Waals surface area contributed by atoms with E-state index in [1.54, 1.807) is 0 Å². The molecule has 0 aromatic heterocycles. The predicted molar refractivity (Wildman–Crippen MR) is 343 cm³/mol. The van der Waals surface area contributed by atoms with Gasteiger partial charge in [-0.25, -0.2) is 0 Å². The third kappa shape index (κ3) is 63.8. The van der Waals surface area contributed by atoms with Crippen LogP contribution in [0.1, 0.15) is 412 Å². The first-order valence-electron chi connectivity index (χ1n) is 35.9. The van der Waals surface area contributed by atoms with Gasteiger partial charge in [-0.05, 0) is 51.4 Å². The van der Waals surface area contributed by atoms with Crippen LogP contribution >= 0.6 is 0 Å². The second-order valence-corrected chi connectivity index (χ2v) is 24.9. The van der Waals surface area contributed by atoms with E-state index in [2.05, 4.69) is 31.3 Å². The summed E-state index contributed by atoms with van der Waals surface area (Å²) in [6, 6.07) is -0.537. The van der Waals surface area contributed by atoms with Crippen LogP contribution in [0.25, 0.3) is 0 Å². The minimum absolute atomic E-state index is 0.0135. The van der Waals surface area contributed by atoms with Crippen molar-refractivity contribution in [2.24, 2.45) is 0 Å². The van der Waals surface area contributed by atoms with Gasteiger partial charge < -0.3 is 20.3 Å². The SMILES string of the molecule is CCCCCCC/C=C\CCCCCCCC(=O)OCCCCCCCCCCCCCCCCCCCCCCCCCCCCCCCCCCC(=O)NC(CO)C(O)CCCCCCCCCCCCCCCCC. The number of unbranched alkanes of at least 4 members (excludes halogenated alkanes) is 55. The molecule has 0 radical (unpaired) electrons. The lowest BCUT2D eigenvalue weighted by molar-refractivity contribution is -0.143. The van der Waals surface area contributed by atoms with Gasteiger partial charge in [0.1, 0.15) is 0 Å². The number of aliphatic hydroxyl groups is 2. The van der Waals surface area contributed by atoms with E-state index in [1.807, 2.05) is 0 Å². The van der Waals surface area contributed by atoms with Crippen molar-refractivity contribution >= 4 is 11.9 Å². The Morgan fingerprint density at radius 3 is 0.910 bits per heavy atom. The molecule has 0 fully saturated rings. The van der Waals surface area contributed by atoms with Crippen molar-refractivity contribution in [3.05, 3.63) is 12.2 Å². The fraction of sp³-hybridized carbons (Fsp3) is 0.944. The van der Waals surface area contributed by atoms with Gasteiger partial charge in [0.2, 0.25) is 5.91 Å². The van der Waals surface area contributed by atoms with E-state index in [0.717, 1.165) is 44.9 Å². The number of amides is 1. The highest BCUT2D eigenvalue weighted by Gasteiger charge is 2.20. The average molecular weight is 1100 g/mol. The summed E-state index contributed by atoms with van der Waals surface area (Å²) in [5.74, 6) is -0.0135. The van der Waals surface area contributed by atoms with Gasteiger partial charge in [0.05, 0.1) is 25.4 Å². The highest BCUT2D eigenvalue weighted by molar-refractivity contribution is 5.76. The van der Waals surface area contributed by atoms with Crippen LogP contribution in [-0.2, 0) is 14.3 Å². The lowest BCUT2D eigenvalue weighted by Crippen LogP contribution is -2.45. The van der Waals surface area contributed by atoms with Crippen LogP contribution in [0.4, 0.5) is 0 Å². The summed E-state index contributed by atoms with van der Waals surface area (Å²) in [6.07, 6.45) is 84.2. The molecule has 0 saturated carbocycles. The van der Waals surface area contributed by atoms with E-state index in [4.69, 9.17) is 4.74 Å². The highest BCUT2D eigenvalue weighted by Crippen LogP contribution is 2.19. The summed E-state index contributed by atoms with van der Waals surface area (Å²) in [5.41, 5.74) is 0. The van der Waals surface area contributed by atoms with Gasteiger partial charge in [0.15, 0.2) is 0 Å². The number of hydrogen-bond donors (Lipinski definition) is 3. The molecule has 3 N–H and O–H groups in total. The maximum atomic E-state index is 12.5. The van der Waals surface area contributed by atoms with E-state index >= 15 is 0 Å². The Labute approximate surface area is 489 Å². The Balaban J connectivity index is 3.31. The summed E-state index contributed by atoms with van der Waals surface area (Å²) in [5, 5.41) is 23.3. The first-order chi connectivity index (χ1) is 38.5. The summed E-state index contributed by atoms with van der Waals surface area (Å²) >= 11 is 0. The molecule has 0 heterocycles. The molecule has 78 heavy (non-hydrogen) atoms. The van der Waals surface area contributed by atoms with Gasteiger partial charge in [-0.2, -0.15) is 0 Å². The Morgan fingerprint density at radius 1 is 0.346 bits per heavy atom. The van der Waals surface area contributed by atoms with Crippen LogP contribution in [-0.4, -0.2) is 47.4 Å². The molecule has 6 heteroatoms. The third-order valence-corrected chi connectivity index (χ3v) is 17.1. The number of ether oxygens (including phenoxy) is 1. The average Bonchev–Trinajstić information content (AvgIpc) is 3.44. The lowest BCUT2D eigenvalue weighted by Gasteiger charge is -2.22. The zero-order chi connectivity index (χ0) is 56.4. The maximum Gasteiger partial charge on any atom is 0.305 e. The van der Waals surface area contributed by atoms with E-state index in [1.165, 1.54) is 334 Å². The van der Waals surface area contributed by atoms with E-state index in [9.17, 15) is 19.8 Å². The largest absolute Gasteiger partial charge is 0.466 e. The molecule has 2 unspecified atom stereocenters. The Bertz CT molecular complexity index is 1180. The Hall–Kier alpha value is -1.40. The van der Waals surface area contributed by atoms with Crippen LogP contribution in [0, 0.1) is 0 Å². The normalized spacial score (nSPS) is 12.5. The molecule has 0 saturated heterocycles. The lowest BCUT2D eigenvalue weighted by atomic mass is 10.0. The van der Waals surface area contributed by atoms with Crippen molar-refractivity contribution in [2.45, 2.75) is 424 Å². The molecule has 0 aromatic carbocycles. The minimum atomic E-state index is -0.660. The molecular formula is C72H141NO5. The molecule has 0 aliphatic rings. The second kappa shape index (κ2) is 68.1. The minimum Gasteiger partial charge on any atom is -0.466 e. The van der Waals surface area contributed by atoms with Crippen molar-refractivity contribution < 1.29 is 24.5 Å². The third-order valence-electron chi connectivity index (χ3n) is 17.1. The molecule has 0 aliphatic carbocycles. The summed E-state index contributed by atoms with van der Waals surface area (Å²) < 4.78 is 5.49. The number of hydrogen-bond acceptors (Lipinski definition) is 5. The molecule has 6 nitrogen and oxygen atoms in total. The molecule has 0 aliphatic heterocycles. The molecule has 464 valence electrons. The highest BCUT2D eigenvalue weighted by atomic mass is 16.5. The van der Waals surface area contributed by atoms with Crippen LogP contribution < -0.4 is 5.32 Å². The van der Waals surface area contributed by atoms with E-state index in [-0.39, 0.29) is 18.5 Å². The van der Waals surface area contributed by atoms with Crippen LogP contribution in [0.15, 0.2) is 12.2 Å². The van der Waals surface area contributed by atoms with Gasteiger partial charge in [-0.15, -0.1) is 0 Å². The fourth-order valence-corrected chi connectivity index (χ4v) is 11.6. The van der Waals surface area contributed by atoms with Gasteiger partial charge in [-0.3, -0.25) is 9.59 Å². The van der Waals surface area contributed by atoms with Crippen molar-refractivity contribution in [1.82, 2.24) is 5.32 Å². The van der Waals surface area contributed by atoms with Gasteiger partial charge in [-0.1, -0.05) is 360 Å². The van der Waals surface area contributed by atoms with Crippen molar-refractivity contribution in [3.63, 3.8) is 0 Å². The number of esters is 1. The standard InChI is InChI=1S/C72H141NO5/c1-3-5-7-9-11-13-15-17-37-40-44-48-52-56-60-64-70(75)69(68-74)73-71(76)65-61-57-53-49-45-41-38-35-33-31-29-27-25-23-21-19-20-22-24-26-28-30-32-34-36-39-43-47-51-55-59-63-67-78-72(77)66-62-58-54-50-46-42-18-16-14-12-10-8-6-4-2/h16,18,69-70,74-75H,3-15,17,19-68H2,1-2H3,(H,73,76)/b18-16-. The van der Waals surface area contributed by atoms with Gasteiger partial charge in [0.25, 0.3) is 0 Å². The Morgan fingerprint density at radius 2 is 0.603 bits per heavy atom. The smallest absolute Gasteiger partial charge is 0.305 e. The molecular weight excluding hydrogens is 959 g/mol. The number of nitrogens with one attached hydrogen (secondary N) is 1. The second-order valence-electron chi connectivity index (χ2n) is 24.9. The summed E-state index contributed by atoms with van der Waals surface area (Å²) in [6.45, 7) is 4.98. The first-order valence-corrected chi connectivity index (χ1v) is 35.9. The maximum absolute atomic E-state index is 12.5. The summed E-state index contributed by atoms with van der Waals surface area (Å²) in [4.78, 5) is 24.6. The van der Waals surface area contributed by atoms with Crippen LogP contribution in [0.3, 0.4) is 0 Å². The number of carbonyl (C=O) groups excluding carboxylic acids is 2. The number of aliphatic hydroxyl groups excluding tert-OH is 2. The van der Waals surface area contributed by atoms with Crippen molar-refractivity contribution in [3.8, 4) is 0 Å². The van der Waals surface area contributed by atoms with Crippen LogP contribution in [0.2, 0.25) is 0 Å². The predicted octanol–water partition coefficient (Wildman–Crippen LogP) is 23.1. The first kappa shape index (κ1) is 76.6. The van der Waals surface area contributed by atoms with Gasteiger partial charge in [0, 0.05) is 12.8 Å². The van der Waals surface area contributed by atoms with Crippen molar-refractivity contribution in [2.75, 3.05) is 13.2 Å². The molecule has 0 bridgehead atoms. The van der Waals surface area contributed by atoms with Crippen LogP contribution in [0.5, 0.6) is 0 Å².